The highest BCUT2D eigenvalue weighted by molar-refractivity contribution is 5.39. The summed E-state index contributed by atoms with van der Waals surface area (Å²) in [6, 6.07) is 5.15. The molecule has 0 saturated heterocycles. The molecule has 0 unspecified atom stereocenters. The molecular formula is C17H29N3. The Morgan fingerprint density at radius 1 is 1.15 bits per heavy atom. The summed E-state index contributed by atoms with van der Waals surface area (Å²) >= 11 is 0. The van der Waals surface area contributed by atoms with Crippen molar-refractivity contribution in [2.24, 2.45) is 11.8 Å². The quantitative estimate of drug-likeness (QED) is 0.787. The van der Waals surface area contributed by atoms with Gasteiger partial charge in [0.1, 0.15) is 5.82 Å². The van der Waals surface area contributed by atoms with Gasteiger partial charge in [0.05, 0.1) is 0 Å². The highest BCUT2D eigenvalue weighted by Crippen LogP contribution is 2.20. The summed E-state index contributed by atoms with van der Waals surface area (Å²) in [5.41, 5.74) is 1.29. The molecule has 112 valence electrons. The maximum Gasteiger partial charge on any atom is 0.128 e. The van der Waals surface area contributed by atoms with Crippen molar-refractivity contribution in [1.29, 1.82) is 0 Å². The smallest absolute Gasteiger partial charge is 0.128 e. The van der Waals surface area contributed by atoms with E-state index in [-0.39, 0.29) is 0 Å². The molecule has 0 atom stereocenters. The summed E-state index contributed by atoms with van der Waals surface area (Å²) in [6.07, 6.45) is 4.70. The molecule has 1 aliphatic carbocycles. The number of pyridine rings is 1. The van der Waals surface area contributed by atoms with Crippen LogP contribution in [0.1, 0.15) is 46.1 Å². The van der Waals surface area contributed by atoms with Crippen LogP contribution >= 0.6 is 0 Å². The Balaban J connectivity index is 1.96. The Bertz CT molecular complexity index is 383. The standard InChI is InChI=1S/C17H29N3/c1-13(2)11-20(12-14(3)4)17-8-5-15(10-19-17)9-18-16-6-7-16/h5,8,10,13-14,16,18H,6-7,9,11-12H2,1-4H3. The topological polar surface area (TPSA) is 28.2 Å². The lowest BCUT2D eigenvalue weighted by atomic mass is 10.1. The zero-order valence-corrected chi connectivity index (χ0v) is 13.4. The van der Waals surface area contributed by atoms with Crippen LogP contribution in [0.15, 0.2) is 18.3 Å². The first kappa shape index (κ1) is 15.3. The van der Waals surface area contributed by atoms with Crippen molar-refractivity contribution in [2.45, 2.75) is 53.1 Å². The molecule has 1 aromatic rings. The van der Waals surface area contributed by atoms with E-state index in [0.29, 0.717) is 11.8 Å². The highest BCUT2D eigenvalue weighted by atomic mass is 15.2. The molecule has 0 aliphatic heterocycles. The average Bonchev–Trinajstić information content (AvgIpc) is 3.19. The van der Waals surface area contributed by atoms with Gasteiger partial charge >= 0.3 is 0 Å². The first-order valence-electron chi connectivity index (χ1n) is 7.98. The van der Waals surface area contributed by atoms with Crippen LogP contribution in [0.5, 0.6) is 0 Å². The van der Waals surface area contributed by atoms with Gasteiger partial charge in [0.25, 0.3) is 0 Å². The molecule has 0 amide bonds. The van der Waals surface area contributed by atoms with Crippen LogP contribution in [-0.4, -0.2) is 24.1 Å². The van der Waals surface area contributed by atoms with E-state index in [1.165, 1.54) is 18.4 Å². The molecule has 20 heavy (non-hydrogen) atoms. The van der Waals surface area contributed by atoms with Crippen LogP contribution < -0.4 is 10.2 Å². The number of hydrogen-bond donors (Lipinski definition) is 1. The summed E-state index contributed by atoms with van der Waals surface area (Å²) in [4.78, 5) is 7.08. The molecule has 0 aromatic carbocycles. The maximum absolute atomic E-state index is 4.67. The van der Waals surface area contributed by atoms with Crippen LogP contribution in [0.4, 0.5) is 5.82 Å². The lowest BCUT2D eigenvalue weighted by Crippen LogP contribution is -2.32. The van der Waals surface area contributed by atoms with Gasteiger partial charge in [-0.15, -0.1) is 0 Å². The monoisotopic (exact) mass is 275 g/mol. The van der Waals surface area contributed by atoms with Crippen LogP contribution in [0.25, 0.3) is 0 Å². The maximum atomic E-state index is 4.67. The third-order valence-electron chi connectivity index (χ3n) is 3.48. The fraction of sp³-hybridized carbons (Fsp3) is 0.706. The number of hydrogen-bond acceptors (Lipinski definition) is 3. The second kappa shape index (κ2) is 7.07. The molecule has 3 heteroatoms. The van der Waals surface area contributed by atoms with Crippen molar-refractivity contribution in [2.75, 3.05) is 18.0 Å². The van der Waals surface area contributed by atoms with Crippen molar-refractivity contribution >= 4 is 5.82 Å². The van der Waals surface area contributed by atoms with E-state index in [1.807, 2.05) is 6.20 Å². The molecule has 1 aromatic heterocycles. The fourth-order valence-corrected chi connectivity index (χ4v) is 2.40. The van der Waals surface area contributed by atoms with Gasteiger partial charge in [0.15, 0.2) is 0 Å². The summed E-state index contributed by atoms with van der Waals surface area (Å²) < 4.78 is 0. The van der Waals surface area contributed by atoms with Gasteiger partial charge in [-0.1, -0.05) is 33.8 Å². The van der Waals surface area contributed by atoms with E-state index in [9.17, 15) is 0 Å². The van der Waals surface area contributed by atoms with Crippen molar-refractivity contribution in [1.82, 2.24) is 10.3 Å². The van der Waals surface area contributed by atoms with Gasteiger partial charge in [-0.25, -0.2) is 4.98 Å². The summed E-state index contributed by atoms with van der Waals surface area (Å²) in [7, 11) is 0. The largest absolute Gasteiger partial charge is 0.356 e. The van der Waals surface area contributed by atoms with Gasteiger partial charge < -0.3 is 10.2 Å². The van der Waals surface area contributed by atoms with E-state index in [4.69, 9.17) is 0 Å². The molecule has 1 saturated carbocycles. The SMILES string of the molecule is CC(C)CN(CC(C)C)c1ccc(CNC2CC2)cn1. The lowest BCUT2D eigenvalue weighted by Gasteiger charge is -2.27. The Hall–Kier alpha value is -1.09. The van der Waals surface area contributed by atoms with Crippen LogP contribution in [-0.2, 0) is 6.54 Å². The molecule has 1 heterocycles. The third-order valence-corrected chi connectivity index (χ3v) is 3.48. The number of rotatable bonds is 8. The zero-order valence-electron chi connectivity index (χ0n) is 13.4. The van der Waals surface area contributed by atoms with Gasteiger partial charge in [0.2, 0.25) is 0 Å². The van der Waals surface area contributed by atoms with Crippen LogP contribution in [0, 0.1) is 11.8 Å². The van der Waals surface area contributed by atoms with Crippen molar-refractivity contribution in [3.8, 4) is 0 Å². The molecule has 0 radical (unpaired) electrons. The van der Waals surface area contributed by atoms with E-state index in [1.54, 1.807) is 0 Å². The average molecular weight is 275 g/mol. The zero-order chi connectivity index (χ0) is 14.5. The summed E-state index contributed by atoms with van der Waals surface area (Å²) in [5.74, 6) is 2.43. The number of aromatic nitrogens is 1. The predicted octanol–water partition coefficient (Wildman–Crippen LogP) is 3.45. The third kappa shape index (κ3) is 5.12. The molecule has 1 aliphatic rings. The molecule has 1 fully saturated rings. The van der Waals surface area contributed by atoms with Crippen LogP contribution in [0.3, 0.4) is 0 Å². The minimum absolute atomic E-state index is 0.659. The van der Waals surface area contributed by atoms with E-state index in [2.05, 4.69) is 55.0 Å². The number of nitrogens with one attached hydrogen (secondary N) is 1. The van der Waals surface area contributed by atoms with Crippen molar-refractivity contribution < 1.29 is 0 Å². The molecule has 0 bridgehead atoms. The Morgan fingerprint density at radius 3 is 2.25 bits per heavy atom. The van der Waals surface area contributed by atoms with Crippen molar-refractivity contribution in [3.05, 3.63) is 23.9 Å². The lowest BCUT2D eigenvalue weighted by molar-refractivity contribution is 0.548. The molecule has 1 N–H and O–H groups in total. The predicted molar refractivity (Wildman–Crippen MR) is 86.0 cm³/mol. The molecule has 0 spiro atoms. The Labute approximate surface area is 123 Å². The van der Waals surface area contributed by atoms with Gasteiger partial charge in [-0.2, -0.15) is 0 Å². The fourth-order valence-electron chi connectivity index (χ4n) is 2.40. The minimum atomic E-state index is 0.659. The molecule has 2 rings (SSSR count). The second-order valence-electron chi connectivity index (χ2n) is 6.87. The minimum Gasteiger partial charge on any atom is -0.356 e. The second-order valence-corrected chi connectivity index (χ2v) is 6.87. The summed E-state index contributed by atoms with van der Waals surface area (Å²) in [5, 5.41) is 3.53. The Kier molecular flexibility index (Phi) is 5.41. The first-order valence-corrected chi connectivity index (χ1v) is 7.98. The number of anilines is 1. The number of nitrogens with zero attached hydrogens (tertiary/aromatic N) is 2. The van der Waals surface area contributed by atoms with Gasteiger partial charge in [0, 0.05) is 31.9 Å². The van der Waals surface area contributed by atoms with E-state index in [0.717, 1.165) is 31.5 Å². The molecule has 3 nitrogen and oxygen atoms in total. The first-order chi connectivity index (χ1) is 9.54. The van der Waals surface area contributed by atoms with Crippen LogP contribution in [0.2, 0.25) is 0 Å². The summed E-state index contributed by atoms with van der Waals surface area (Å²) in [6.45, 7) is 12.2. The van der Waals surface area contributed by atoms with Gasteiger partial charge in [-0.3, -0.25) is 0 Å². The Morgan fingerprint density at radius 2 is 1.80 bits per heavy atom. The van der Waals surface area contributed by atoms with Crippen molar-refractivity contribution in [3.63, 3.8) is 0 Å². The normalized spacial score (nSPS) is 15.1. The van der Waals surface area contributed by atoms with E-state index >= 15 is 0 Å². The van der Waals surface area contributed by atoms with E-state index < -0.39 is 0 Å². The van der Waals surface area contributed by atoms with Gasteiger partial charge in [-0.05, 0) is 36.3 Å². The molecular weight excluding hydrogens is 246 g/mol. The highest BCUT2D eigenvalue weighted by Gasteiger charge is 2.20.